The number of carbonyl (C=O) groups is 3. The van der Waals surface area contributed by atoms with Crippen LogP contribution in [0.3, 0.4) is 0 Å². The van der Waals surface area contributed by atoms with Crippen molar-refractivity contribution in [3.8, 4) is 11.5 Å². The van der Waals surface area contributed by atoms with Crippen molar-refractivity contribution in [2.75, 3.05) is 13.7 Å². The summed E-state index contributed by atoms with van der Waals surface area (Å²) in [6.07, 6.45) is 1.43. The van der Waals surface area contributed by atoms with Crippen LogP contribution >= 0.6 is 15.9 Å². The second kappa shape index (κ2) is 11.6. The lowest BCUT2D eigenvalue weighted by molar-refractivity contribution is -0.120. The van der Waals surface area contributed by atoms with Crippen molar-refractivity contribution < 1.29 is 23.9 Å². The summed E-state index contributed by atoms with van der Waals surface area (Å²) in [5, 5.41) is 6.38. The highest BCUT2D eigenvalue weighted by Gasteiger charge is 2.09. The molecule has 168 valence electrons. The quantitative estimate of drug-likeness (QED) is 0.209. The maximum atomic E-state index is 12.2. The fraction of sp³-hybridized carbons (Fsp3) is 0.0833. The monoisotopic (exact) mass is 509 g/mol. The molecular weight excluding hydrogens is 490 g/mol. The maximum absolute atomic E-state index is 12.2. The van der Waals surface area contributed by atoms with Crippen LogP contribution in [0.4, 0.5) is 0 Å². The van der Waals surface area contributed by atoms with E-state index in [4.69, 9.17) is 9.47 Å². The van der Waals surface area contributed by atoms with Crippen molar-refractivity contribution in [2.45, 2.75) is 0 Å². The van der Waals surface area contributed by atoms with Gasteiger partial charge >= 0.3 is 5.97 Å². The molecule has 8 nitrogen and oxygen atoms in total. The molecule has 0 aromatic heterocycles. The molecule has 0 saturated carbocycles. The minimum Gasteiger partial charge on any atom is -0.497 e. The Balaban J connectivity index is 1.45. The van der Waals surface area contributed by atoms with E-state index < -0.39 is 11.9 Å². The predicted octanol–water partition coefficient (Wildman–Crippen LogP) is 3.56. The zero-order chi connectivity index (χ0) is 23.6. The van der Waals surface area contributed by atoms with Crippen LogP contribution in [0.2, 0.25) is 0 Å². The van der Waals surface area contributed by atoms with Crippen LogP contribution in [0.25, 0.3) is 0 Å². The van der Waals surface area contributed by atoms with E-state index in [1.807, 2.05) is 0 Å². The molecule has 0 aliphatic carbocycles. The first kappa shape index (κ1) is 23.7. The molecule has 0 fully saturated rings. The fourth-order valence-corrected chi connectivity index (χ4v) is 3.02. The molecular formula is C24H20BrN3O5. The molecule has 0 aliphatic rings. The summed E-state index contributed by atoms with van der Waals surface area (Å²) >= 11 is 3.29. The molecule has 0 bridgehead atoms. The number of benzene rings is 3. The number of ether oxygens (including phenoxy) is 2. The van der Waals surface area contributed by atoms with Gasteiger partial charge < -0.3 is 14.8 Å². The Morgan fingerprint density at radius 1 is 0.939 bits per heavy atom. The van der Waals surface area contributed by atoms with Crippen LogP contribution in [-0.4, -0.2) is 37.7 Å². The van der Waals surface area contributed by atoms with Crippen LogP contribution in [0.5, 0.6) is 11.5 Å². The van der Waals surface area contributed by atoms with Gasteiger partial charge in [-0.2, -0.15) is 5.10 Å². The van der Waals surface area contributed by atoms with Gasteiger partial charge in [0.1, 0.15) is 11.5 Å². The Morgan fingerprint density at radius 2 is 1.64 bits per heavy atom. The standard InChI is InChI=1S/C24H20BrN3O5/c1-32-20-11-7-17(8-12-20)24(31)33-21-9-5-16(6-10-21)14-27-28-22(29)15-26-23(30)18-3-2-4-19(25)13-18/h2-14H,15H2,1H3,(H,26,30)(H,28,29). The van der Waals surface area contributed by atoms with Gasteiger partial charge in [0.2, 0.25) is 0 Å². The summed E-state index contributed by atoms with van der Waals surface area (Å²) in [4.78, 5) is 36.1. The molecule has 9 heteroatoms. The van der Waals surface area contributed by atoms with Crippen molar-refractivity contribution >= 4 is 39.9 Å². The lowest BCUT2D eigenvalue weighted by Gasteiger charge is -2.06. The Hall–Kier alpha value is -3.98. The number of methoxy groups -OCH3 is 1. The van der Waals surface area contributed by atoms with Gasteiger partial charge in [-0.15, -0.1) is 0 Å². The number of hydrogen-bond donors (Lipinski definition) is 2. The Bertz CT molecular complexity index is 1160. The maximum Gasteiger partial charge on any atom is 0.343 e. The van der Waals surface area contributed by atoms with Crippen LogP contribution in [0, 0.1) is 0 Å². The first-order chi connectivity index (χ1) is 15.9. The highest BCUT2D eigenvalue weighted by atomic mass is 79.9. The zero-order valence-corrected chi connectivity index (χ0v) is 19.2. The lowest BCUT2D eigenvalue weighted by Crippen LogP contribution is -2.34. The molecule has 0 aliphatic heterocycles. The number of carbonyl (C=O) groups excluding carboxylic acids is 3. The average molecular weight is 510 g/mol. The van der Waals surface area contributed by atoms with Crippen molar-refractivity contribution in [3.63, 3.8) is 0 Å². The minimum absolute atomic E-state index is 0.219. The van der Waals surface area contributed by atoms with Crippen LogP contribution < -0.4 is 20.2 Å². The van der Waals surface area contributed by atoms with Gasteiger partial charge in [0.05, 0.1) is 25.4 Å². The topological polar surface area (TPSA) is 106 Å². The minimum atomic E-state index is -0.490. The van der Waals surface area contributed by atoms with Crippen molar-refractivity contribution in [2.24, 2.45) is 5.10 Å². The molecule has 2 N–H and O–H groups in total. The molecule has 3 aromatic rings. The molecule has 0 heterocycles. The number of halogens is 1. The van der Waals surface area contributed by atoms with Crippen LogP contribution in [0.1, 0.15) is 26.3 Å². The van der Waals surface area contributed by atoms with E-state index in [1.54, 1.807) is 79.9 Å². The molecule has 0 unspecified atom stereocenters. The summed E-state index contributed by atoms with van der Waals surface area (Å²) in [5.41, 5.74) is 3.85. The normalized spacial score (nSPS) is 10.5. The van der Waals surface area contributed by atoms with Gasteiger partial charge in [-0.25, -0.2) is 10.2 Å². The third-order valence-corrected chi connectivity index (χ3v) is 4.81. The first-order valence-electron chi connectivity index (χ1n) is 9.76. The van der Waals surface area contributed by atoms with Gasteiger partial charge in [-0.05, 0) is 72.3 Å². The number of nitrogens with one attached hydrogen (secondary N) is 2. The summed E-state index contributed by atoms with van der Waals surface area (Å²) in [5.74, 6) is -0.313. The third kappa shape index (κ3) is 7.29. The summed E-state index contributed by atoms with van der Waals surface area (Å²) in [6.45, 7) is -0.219. The fourth-order valence-electron chi connectivity index (χ4n) is 2.63. The molecule has 0 atom stereocenters. The smallest absolute Gasteiger partial charge is 0.343 e. The number of nitrogens with zero attached hydrogens (tertiary/aromatic N) is 1. The van der Waals surface area contributed by atoms with E-state index >= 15 is 0 Å². The second-order valence-electron chi connectivity index (χ2n) is 6.67. The molecule has 0 spiro atoms. The predicted molar refractivity (Wildman–Crippen MR) is 127 cm³/mol. The molecule has 3 rings (SSSR count). The molecule has 3 aromatic carbocycles. The van der Waals surface area contributed by atoms with Gasteiger partial charge in [-0.3, -0.25) is 9.59 Å². The zero-order valence-electron chi connectivity index (χ0n) is 17.6. The molecule has 0 radical (unpaired) electrons. The number of amides is 2. The number of hydrogen-bond acceptors (Lipinski definition) is 6. The van der Waals surface area contributed by atoms with Gasteiger partial charge in [0, 0.05) is 10.0 Å². The Labute approximate surface area is 198 Å². The molecule has 2 amide bonds. The van der Waals surface area contributed by atoms with Gasteiger partial charge in [0.25, 0.3) is 11.8 Å². The highest BCUT2D eigenvalue weighted by molar-refractivity contribution is 9.10. The first-order valence-corrected chi connectivity index (χ1v) is 10.6. The van der Waals surface area contributed by atoms with E-state index in [2.05, 4.69) is 31.8 Å². The van der Waals surface area contributed by atoms with Crippen molar-refractivity contribution in [1.82, 2.24) is 10.7 Å². The Kier molecular flexibility index (Phi) is 8.31. The number of esters is 1. The van der Waals surface area contributed by atoms with Gasteiger partial charge in [-0.1, -0.05) is 22.0 Å². The molecule has 0 saturated heterocycles. The van der Waals surface area contributed by atoms with Crippen LogP contribution in [0.15, 0.2) is 82.4 Å². The summed E-state index contributed by atoms with van der Waals surface area (Å²) < 4.78 is 11.2. The van der Waals surface area contributed by atoms with E-state index in [0.29, 0.717) is 28.2 Å². The largest absolute Gasteiger partial charge is 0.497 e. The Morgan fingerprint density at radius 3 is 2.30 bits per heavy atom. The number of rotatable bonds is 8. The number of hydrazone groups is 1. The summed E-state index contributed by atoms with van der Waals surface area (Å²) in [6, 6.07) is 20.0. The van der Waals surface area contributed by atoms with E-state index in [1.165, 1.54) is 6.21 Å². The molecule has 33 heavy (non-hydrogen) atoms. The van der Waals surface area contributed by atoms with E-state index in [0.717, 1.165) is 4.47 Å². The third-order valence-electron chi connectivity index (χ3n) is 4.32. The SMILES string of the molecule is COc1ccc(C(=O)Oc2ccc(C=NNC(=O)CNC(=O)c3cccc(Br)c3)cc2)cc1. The highest BCUT2D eigenvalue weighted by Crippen LogP contribution is 2.16. The van der Waals surface area contributed by atoms with Crippen LogP contribution in [-0.2, 0) is 4.79 Å². The average Bonchev–Trinajstić information content (AvgIpc) is 2.83. The summed E-state index contributed by atoms with van der Waals surface area (Å²) in [7, 11) is 1.55. The lowest BCUT2D eigenvalue weighted by atomic mass is 10.2. The van der Waals surface area contributed by atoms with Crippen molar-refractivity contribution in [1.29, 1.82) is 0 Å². The van der Waals surface area contributed by atoms with Gasteiger partial charge in [0.15, 0.2) is 0 Å². The second-order valence-corrected chi connectivity index (χ2v) is 7.59. The van der Waals surface area contributed by atoms with E-state index in [-0.39, 0.29) is 12.5 Å². The van der Waals surface area contributed by atoms with E-state index in [9.17, 15) is 14.4 Å². The van der Waals surface area contributed by atoms with Crippen molar-refractivity contribution in [3.05, 3.63) is 94.0 Å².